The SMILES string of the molecule is NCC1(CCC=O)CCSCC1. The molecule has 0 aromatic carbocycles. The molecule has 2 nitrogen and oxygen atoms in total. The van der Waals surface area contributed by atoms with Crippen molar-refractivity contribution in [3.05, 3.63) is 0 Å². The molecule has 0 amide bonds. The molecule has 0 saturated carbocycles. The largest absolute Gasteiger partial charge is 0.330 e. The van der Waals surface area contributed by atoms with Crippen LogP contribution in [0.4, 0.5) is 0 Å². The fraction of sp³-hybridized carbons (Fsp3) is 0.889. The molecule has 1 rings (SSSR count). The average Bonchev–Trinajstić information content (AvgIpc) is 2.16. The Morgan fingerprint density at radius 2 is 2.08 bits per heavy atom. The molecule has 1 aliphatic rings. The van der Waals surface area contributed by atoms with Crippen LogP contribution in [0.3, 0.4) is 0 Å². The molecule has 0 aliphatic carbocycles. The van der Waals surface area contributed by atoms with Gasteiger partial charge in [0.15, 0.2) is 0 Å². The first-order valence-electron chi connectivity index (χ1n) is 4.54. The van der Waals surface area contributed by atoms with E-state index in [1.54, 1.807) is 0 Å². The third-order valence-electron chi connectivity index (χ3n) is 2.78. The maximum absolute atomic E-state index is 10.3. The van der Waals surface area contributed by atoms with Crippen LogP contribution in [0.1, 0.15) is 25.7 Å². The van der Waals surface area contributed by atoms with Crippen molar-refractivity contribution < 1.29 is 4.79 Å². The Balaban J connectivity index is 2.41. The molecule has 0 unspecified atom stereocenters. The molecule has 1 saturated heterocycles. The molecule has 0 spiro atoms. The highest BCUT2D eigenvalue weighted by Crippen LogP contribution is 2.37. The topological polar surface area (TPSA) is 43.1 Å². The van der Waals surface area contributed by atoms with E-state index in [1.165, 1.54) is 24.3 Å². The van der Waals surface area contributed by atoms with Crippen molar-refractivity contribution in [1.29, 1.82) is 0 Å². The Kier molecular flexibility index (Phi) is 4.09. The summed E-state index contributed by atoms with van der Waals surface area (Å²) >= 11 is 2.00. The summed E-state index contributed by atoms with van der Waals surface area (Å²) in [5.74, 6) is 2.44. The van der Waals surface area contributed by atoms with Crippen LogP contribution in [0.5, 0.6) is 0 Å². The van der Waals surface area contributed by atoms with Crippen molar-refractivity contribution in [2.45, 2.75) is 25.7 Å². The number of carbonyl (C=O) groups excluding carboxylic acids is 1. The summed E-state index contributed by atoms with van der Waals surface area (Å²) in [6.07, 6.45) is 5.08. The van der Waals surface area contributed by atoms with E-state index in [2.05, 4.69) is 0 Å². The highest BCUT2D eigenvalue weighted by molar-refractivity contribution is 7.99. The van der Waals surface area contributed by atoms with Gasteiger partial charge in [-0.15, -0.1) is 0 Å². The number of thioether (sulfide) groups is 1. The maximum atomic E-state index is 10.3. The van der Waals surface area contributed by atoms with E-state index in [0.29, 0.717) is 11.8 Å². The first kappa shape index (κ1) is 10.1. The summed E-state index contributed by atoms with van der Waals surface area (Å²) in [5, 5.41) is 0. The minimum atomic E-state index is 0.298. The molecule has 0 aromatic heterocycles. The Morgan fingerprint density at radius 3 is 2.58 bits per heavy atom. The predicted octanol–water partition coefficient (Wildman–Crippen LogP) is 1.44. The van der Waals surface area contributed by atoms with Gasteiger partial charge in [0.1, 0.15) is 6.29 Å². The van der Waals surface area contributed by atoms with E-state index in [9.17, 15) is 4.79 Å². The van der Waals surface area contributed by atoms with Gasteiger partial charge in [-0.05, 0) is 42.7 Å². The van der Waals surface area contributed by atoms with Crippen LogP contribution < -0.4 is 5.73 Å². The molecule has 70 valence electrons. The zero-order valence-electron chi connectivity index (χ0n) is 7.42. The van der Waals surface area contributed by atoms with E-state index >= 15 is 0 Å². The quantitative estimate of drug-likeness (QED) is 0.677. The summed E-state index contributed by atoms with van der Waals surface area (Å²) < 4.78 is 0. The number of hydrogen-bond acceptors (Lipinski definition) is 3. The number of hydrogen-bond donors (Lipinski definition) is 1. The fourth-order valence-electron chi connectivity index (χ4n) is 1.73. The second-order valence-electron chi connectivity index (χ2n) is 3.52. The Bertz CT molecular complexity index is 143. The van der Waals surface area contributed by atoms with Crippen molar-refractivity contribution in [2.24, 2.45) is 11.1 Å². The van der Waals surface area contributed by atoms with E-state index in [0.717, 1.165) is 19.3 Å². The van der Waals surface area contributed by atoms with Crippen LogP contribution in [0.2, 0.25) is 0 Å². The highest BCUT2D eigenvalue weighted by Gasteiger charge is 2.29. The third-order valence-corrected chi connectivity index (χ3v) is 3.76. The third kappa shape index (κ3) is 2.49. The summed E-state index contributed by atoms with van der Waals surface area (Å²) in [7, 11) is 0. The van der Waals surface area contributed by atoms with Crippen molar-refractivity contribution in [3.8, 4) is 0 Å². The van der Waals surface area contributed by atoms with Crippen LogP contribution in [0.15, 0.2) is 0 Å². The summed E-state index contributed by atoms with van der Waals surface area (Å²) in [4.78, 5) is 10.3. The van der Waals surface area contributed by atoms with Gasteiger partial charge < -0.3 is 10.5 Å². The van der Waals surface area contributed by atoms with Crippen LogP contribution in [0.25, 0.3) is 0 Å². The average molecular weight is 187 g/mol. The second-order valence-corrected chi connectivity index (χ2v) is 4.75. The smallest absolute Gasteiger partial charge is 0.120 e. The molecule has 1 fully saturated rings. The lowest BCUT2D eigenvalue weighted by atomic mass is 9.78. The minimum Gasteiger partial charge on any atom is -0.330 e. The first-order chi connectivity index (χ1) is 5.83. The number of carbonyl (C=O) groups is 1. The fourth-order valence-corrected chi connectivity index (χ4v) is 3.08. The lowest BCUT2D eigenvalue weighted by Crippen LogP contribution is -2.34. The zero-order chi connectivity index (χ0) is 8.86. The number of aldehydes is 1. The molecular formula is C9H17NOS. The normalized spacial score (nSPS) is 22.1. The summed E-state index contributed by atoms with van der Waals surface area (Å²) in [5.41, 5.74) is 6.05. The molecule has 1 heterocycles. The molecule has 12 heavy (non-hydrogen) atoms. The molecule has 0 radical (unpaired) electrons. The van der Waals surface area contributed by atoms with Gasteiger partial charge in [0, 0.05) is 6.42 Å². The standard InChI is InChI=1S/C9H17NOS/c10-8-9(2-1-5-11)3-6-12-7-4-9/h5H,1-4,6-8,10H2. The number of rotatable bonds is 4. The van der Waals surface area contributed by atoms with Crippen molar-refractivity contribution >= 4 is 18.0 Å². The van der Waals surface area contributed by atoms with Crippen molar-refractivity contribution in [3.63, 3.8) is 0 Å². The minimum absolute atomic E-state index is 0.298. The van der Waals surface area contributed by atoms with Gasteiger partial charge >= 0.3 is 0 Å². The molecule has 0 aromatic rings. The molecule has 3 heteroatoms. The van der Waals surface area contributed by atoms with Crippen LogP contribution in [0, 0.1) is 5.41 Å². The van der Waals surface area contributed by atoms with Crippen LogP contribution in [-0.2, 0) is 4.79 Å². The number of nitrogens with two attached hydrogens (primary N) is 1. The van der Waals surface area contributed by atoms with Gasteiger partial charge in [0.25, 0.3) is 0 Å². The van der Waals surface area contributed by atoms with Gasteiger partial charge in [0.05, 0.1) is 0 Å². The highest BCUT2D eigenvalue weighted by atomic mass is 32.2. The zero-order valence-corrected chi connectivity index (χ0v) is 8.24. The lowest BCUT2D eigenvalue weighted by molar-refractivity contribution is -0.108. The van der Waals surface area contributed by atoms with E-state index in [-0.39, 0.29) is 0 Å². The maximum Gasteiger partial charge on any atom is 0.120 e. The van der Waals surface area contributed by atoms with Gasteiger partial charge in [-0.1, -0.05) is 0 Å². The Hall–Kier alpha value is -0.0200. The van der Waals surface area contributed by atoms with E-state index < -0.39 is 0 Å². The van der Waals surface area contributed by atoms with E-state index in [1.807, 2.05) is 11.8 Å². The molecule has 0 bridgehead atoms. The van der Waals surface area contributed by atoms with Gasteiger partial charge in [-0.2, -0.15) is 11.8 Å². The van der Waals surface area contributed by atoms with Crippen LogP contribution in [-0.4, -0.2) is 24.3 Å². The predicted molar refractivity (Wildman–Crippen MR) is 53.3 cm³/mol. The summed E-state index contributed by atoms with van der Waals surface area (Å²) in [6.45, 7) is 0.751. The lowest BCUT2D eigenvalue weighted by Gasteiger charge is -2.35. The van der Waals surface area contributed by atoms with Crippen LogP contribution >= 0.6 is 11.8 Å². The first-order valence-corrected chi connectivity index (χ1v) is 5.70. The molecular weight excluding hydrogens is 170 g/mol. The van der Waals surface area contributed by atoms with Gasteiger partial charge in [-0.3, -0.25) is 0 Å². The molecule has 2 N–H and O–H groups in total. The van der Waals surface area contributed by atoms with Gasteiger partial charge in [0.2, 0.25) is 0 Å². The van der Waals surface area contributed by atoms with Crippen molar-refractivity contribution in [2.75, 3.05) is 18.1 Å². The summed E-state index contributed by atoms with van der Waals surface area (Å²) in [6, 6.07) is 0. The van der Waals surface area contributed by atoms with Gasteiger partial charge in [-0.25, -0.2) is 0 Å². The molecule has 1 aliphatic heterocycles. The van der Waals surface area contributed by atoms with E-state index in [4.69, 9.17) is 5.73 Å². The monoisotopic (exact) mass is 187 g/mol. The Morgan fingerprint density at radius 1 is 1.42 bits per heavy atom. The Labute approximate surface area is 78.3 Å². The van der Waals surface area contributed by atoms with Crippen molar-refractivity contribution in [1.82, 2.24) is 0 Å². The second kappa shape index (κ2) is 4.87. The molecule has 0 atom stereocenters.